The van der Waals surface area contributed by atoms with Gasteiger partial charge >= 0.3 is 0 Å². The molecule has 1 rings (SSSR count). The van der Waals surface area contributed by atoms with Gasteiger partial charge in [0.15, 0.2) is 0 Å². The van der Waals surface area contributed by atoms with Gasteiger partial charge in [-0.1, -0.05) is 27.5 Å². The van der Waals surface area contributed by atoms with Gasteiger partial charge < -0.3 is 5.32 Å². The number of hydrogen-bond donors (Lipinski definition) is 2. The molecule has 90 valence electrons. The molecule has 0 aliphatic carbocycles. The fourth-order valence-corrected chi connectivity index (χ4v) is 2.89. The molecule has 0 heterocycles. The van der Waals surface area contributed by atoms with Gasteiger partial charge in [0.05, 0.1) is 16.5 Å². The monoisotopic (exact) mass is 326 g/mol. The summed E-state index contributed by atoms with van der Waals surface area (Å²) in [7, 11) is -1.65. The zero-order valence-electron chi connectivity index (χ0n) is 8.63. The van der Waals surface area contributed by atoms with E-state index in [1.807, 2.05) is 0 Å². The van der Waals surface area contributed by atoms with Crippen molar-refractivity contribution in [2.75, 3.05) is 24.1 Å². The van der Waals surface area contributed by atoms with Gasteiger partial charge in [0.1, 0.15) is 0 Å². The molecule has 0 saturated heterocycles. The summed E-state index contributed by atoms with van der Waals surface area (Å²) in [5.41, 5.74) is 0.390. The second kappa shape index (κ2) is 5.86. The van der Waals surface area contributed by atoms with E-state index >= 15 is 0 Å². The number of halogens is 2. The zero-order chi connectivity index (χ0) is 12.2. The fraction of sp³-hybridized carbons (Fsp3) is 0.333. The first kappa shape index (κ1) is 13.8. The highest BCUT2D eigenvalue weighted by molar-refractivity contribution is 9.10. The molecule has 4 nitrogen and oxygen atoms in total. The molecule has 1 aromatic rings. The quantitative estimate of drug-likeness (QED) is 0.870. The van der Waals surface area contributed by atoms with Crippen LogP contribution in [0.3, 0.4) is 0 Å². The van der Waals surface area contributed by atoms with Crippen molar-refractivity contribution in [2.45, 2.75) is 0 Å². The number of benzene rings is 1. The molecule has 0 bridgehead atoms. The van der Waals surface area contributed by atoms with E-state index in [2.05, 4.69) is 26.0 Å². The van der Waals surface area contributed by atoms with Crippen molar-refractivity contribution in [1.29, 1.82) is 0 Å². The molecule has 0 radical (unpaired) electrons. The third-order valence-corrected chi connectivity index (χ3v) is 3.90. The van der Waals surface area contributed by atoms with Crippen LogP contribution in [-0.4, -0.2) is 27.8 Å². The summed E-state index contributed by atoms with van der Waals surface area (Å²) in [6.07, 6.45) is 0. The van der Waals surface area contributed by atoms with Gasteiger partial charge in [-0.05, 0) is 25.2 Å². The van der Waals surface area contributed by atoms with Crippen molar-refractivity contribution < 1.29 is 8.42 Å². The van der Waals surface area contributed by atoms with Crippen molar-refractivity contribution in [2.24, 2.45) is 0 Å². The highest BCUT2D eigenvalue weighted by Gasteiger charge is 2.11. The van der Waals surface area contributed by atoms with Crippen LogP contribution in [0, 0.1) is 0 Å². The molecular formula is C9H12BrClN2O2S. The Kier molecular flexibility index (Phi) is 5.04. The fourth-order valence-electron chi connectivity index (χ4n) is 1.03. The van der Waals surface area contributed by atoms with Crippen LogP contribution < -0.4 is 10.0 Å². The van der Waals surface area contributed by atoms with Crippen molar-refractivity contribution in [1.82, 2.24) is 5.32 Å². The van der Waals surface area contributed by atoms with Gasteiger partial charge in [-0.15, -0.1) is 0 Å². The van der Waals surface area contributed by atoms with Gasteiger partial charge in [-0.2, -0.15) is 0 Å². The molecule has 0 aliphatic heterocycles. The summed E-state index contributed by atoms with van der Waals surface area (Å²) in [5.74, 6) is 0.00981. The minimum atomic E-state index is -3.34. The van der Waals surface area contributed by atoms with E-state index in [1.54, 1.807) is 25.2 Å². The van der Waals surface area contributed by atoms with E-state index in [1.165, 1.54) is 0 Å². The molecule has 0 aliphatic rings. The second-order valence-corrected chi connectivity index (χ2v) is 6.31. The lowest BCUT2D eigenvalue weighted by atomic mass is 10.3. The Hall–Kier alpha value is -0.300. The lowest BCUT2D eigenvalue weighted by Gasteiger charge is -2.09. The Morgan fingerprint density at radius 2 is 2.12 bits per heavy atom. The maximum Gasteiger partial charge on any atom is 0.234 e. The van der Waals surface area contributed by atoms with Crippen molar-refractivity contribution in [3.05, 3.63) is 27.7 Å². The molecule has 0 unspecified atom stereocenters. The molecule has 0 amide bonds. The average Bonchev–Trinajstić information content (AvgIpc) is 2.19. The first-order chi connectivity index (χ1) is 7.44. The number of sulfonamides is 1. The number of nitrogens with one attached hydrogen (secondary N) is 2. The highest BCUT2D eigenvalue weighted by Crippen LogP contribution is 2.26. The molecule has 16 heavy (non-hydrogen) atoms. The summed E-state index contributed by atoms with van der Waals surface area (Å²) in [6.45, 7) is 0.392. The minimum Gasteiger partial charge on any atom is -0.319 e. The maximum absolute atomic E-state index is 11.6. The van der Waals surface area contributed by atoms with Gasteiger partial charge in [-0.3, -0.25) is 4.72 Å². The molecule has 7 heteroatoms. The summed E-state index contributed by atoms with van der Waals surface area (Å²) in [4.78, 5) is 0. The van der Waals surface area contributed by atoms with Crippen LogP contribution in [0.5, 0.6) is 0 Å². The van der Waals surface area contributed by atoms with E-state index in [0.717, 1.165) is 4.47 Å². The molecule has 0 saturated carbocycles. The Labute approximate surface area is 109 Å². The van der Waals surface area contributed by atoms with Gasteiger partial charge in [0.25, 0.3) is 0 Å². The zero-order valence-corrected chi connectivity index (χ0v) is 11.8. The molecule has 0 aromatic heterocycles. The second-order valence-electron chi connectivity index (χ2n) is 3.15. The topological polar surface area (TPSA) is 58.2 Å². The van der Waals surface area contributed by atoms with Crippen LogP contribution in [-0.2, 0) is 10.0 Å². The lowest BCUT2D eigenvalue weighted by Crippen LogP contribution is -2.24. The lowest BCUT2D eigenvalue weighted by molar-refractivity contribution is 0.599. The molecule has 2 N–H and O–H groups in total. The normalized spacial score (nSPS) is 11.4. The smallest absolute Gasteiger partial charge is 0.234 e. The van der Waals surface area contributed by atoms with Crippen LogP contribution >= 0.6 is 27.5 Å². The number of anilines is 1. The summed E-state index contributed by atoms with van der Waals surface area (Å²) in [6, 6.07) is 4.97. The predicted molar refractivity (Wildman–Crippen MR) is 70.5 cm³/mol. The molecule has 0 fully saturated rings. The van der Waals surface area contributed by atoms with Crippen LogP contribution in [0.25, 0.3) is 0 Å². The molecule has 0 spiro atoms. The van der Waals surface area contributed by atoms with Gasteiger partial charge in [0, 0.05) is 11.0 Å². The molecule has 1 aromatic carbocycles. The standard InChI is InChI=1S/C9H12BrClN2O2S/c1-12-4-5-16(14,15)13-9-3-2-7(10)6-8(9)11/h2-3,6,12-13H,4-5H2,1H3. The predicted octanol–water partition coefficient (Wildman–Crippen LogP) is 2.06. The number of hydrogen-bond acceptors (Lipinski definition) is 3. The van der Waals surface area contributed by atoms with Crippen LogP contribution in [0.15, 0.2) is 22.7 Å². The summed E-state index contributed by atoms with van der Waals surface area (Å²) < 4.78 is 26.4. The van der Waals surface area contributed by atoms with Gasteiger partial charge in [0.2, 0.25) is 10.0 Å². The van der Waals surface area contributed by atoms with Crippen molar-refractivity contribution >= 4 is 43.2 Å². The molecular weight excluding hydrogens is 316 g/mol. The van der Waals surface area contributed by atoms with E-state index in [9.17, 15) is 8.42 Å². The summed E-state index contributed by atoms with van der Waals surface area (Å²) >= 11 is 9.14. The third-order valence-electron chi connectivity index (χ3n) is 1.82. The SMILES string of the molecule is CNCCS(=O)(=O)Nc1ccc(Br)cc1Cl. The average molecular weight is 328 g/mol. The number of rotatable bonds is 5. The van der Waals surface area contributed by atoms with E-state index in [4.69, 9.17) is 11.6 Å². The van der Waals surface area contributed by atoms with Crippen molar-refractivity contribution in [3.63, 3.8) is 0 Å². The van der Waals surface area contributed by atoms with Crippen LogP contribution in [0.2, 0.25) is 5.02 Å². The summed E-state index contributed by atoms with van der Waals surface area (Å²) in [5, 5.41) is 3.14. The highest BCUT2D eigenvalue weighted by atomic mass is 79.9. The Bertz CT molecular complexity index is 465. The van der Waals surface area contributed by atoms with E-state index in [0.29, 0.717) is 17.3 Å². The van der Waals surface area contributed by atoms with Crippen molar-refractivity contribution in [3.8, 4) is 0 Å². The molecule has 0 atom stereocenters. The van der Waals surface area contributed by atoms with Gasteiger partial charge in [-0.25, -0.2) is 8.42 Å². The minimum absolute atomic E-state index is 0.00981. The van der Waals surface area contributed by atoms with E-state index in [-0.39, 0.29) is 5.75 Å². The Balaban J connectivity index is 2.80. The first-order valence-corrected chi connectivity index (χ1v) is 7.37. The van der Waals surface area contributed by atoms with E-state index < -0.39 is 10.0 Å². The Morgan fingerprint density at radius 1 is 1.44 bits per heavy atom. The third kappa shape index (κ3) is 4.29. The van der Waals surface area contributed by atoms with Crippen LogP contribution in [0.4, 0.5) is 5.69 Å². The largest absolute Gasteiger partial charge is 0.319 e. The maximum atomic E-state index is 11.6. The van der Waals surface area contributed by atoms with Crippen LogP contribution in [0.1, 0.15) is 0 Å². The first-order valence-electron chi connectivity index (χ1n) is 4.55. The Morgan fingerprint density at radius 3 is 2.69 bits per heavy atom.